The molecule has 0 unspecified atom stereocenters. The van der Waals surface area contributed by atoms with Gasteiger partial charge < -0.3 is 0 Å². The van der Waals surface area contributed by atoms with Crippen molar-refractivity contribution in [3.8, 4) is 0 Å². The Balaban J connectivity index is 1.49. The molecule has 5 aliphatic rings. The maximum atomic E-state index is 14.5. The Morgan fingerprint density at radius 3 is 1.84 bits per heavy atom. The zero-order chi connectivity index (χ0) is 21.5. The van der Waals surface area contributed by atoms with E-state index in [1.54, 1.807) is 0 Å². The average molecular weight is 442 g/mol. The van der Waals surface area contributed by atoms with Crippen molar-refractivity contribution < 1.29 is 8.42 Å². The Morgan fingerprint density at radius 1 is 0.719 bits per heavy atom. The maximum Gasteiger partial charge on any atom is 0.167 e. The number of sulfone groups is 1. The first kappa shape index (κ1) is 19.1. The van der Waals surface area contributed by atoms with E-state index < -0.39 is 19.8 Å². The van der Waals surface area contributed by atoms with Gasteiger partial charge in [0, 0.05) is 11.8 Å². The van der Waals surface area contributed by atoms with Crippen molar-refractivity contribution in [1.82, 2.24) is 4.90 Å². The molecule has 2 fully saturated rings. The molecule has 3 aromatic carbocycles. The lowest BCUT2D eigenvalue weighted by Crippen LogP contribution is -2.75. The van der Waals surface area contributed by atoms with Crippen LogP contribution in [0.1, 0.15) is 64.2 Å². The van der Waals surface area contributed by atoms with E-state index in [1.807, 2.05) is 30.3 Å². The summed E-state index contributed by atoms with van der Waals surface area (Å²) in [5.41, 5.74) is 6.10. The number of benzene rings is 3. The van der Waals surface area contributed by atoms with Gasteiger partial charge in [0.15, 0.2) is 9.84 Å². The van der Waals surface area contributed by atoms with Crippen molar-refractivity contribution >= 4 is 9.84 Å². The van der Waals surface area contributed by atoms with E-state index in [4.69, 9.17) is 0 Å². The van der Waals surface area contributed by atoms with E-state index in [-0.39, 0.29) is 17.9 Å². The van der Waals surface area contributed by atoms with Crippen LogP contribution in [0.3, 0.4) is 0 Å². The first-order valence-corrected chi connectivity index (χ1v) is 13.4. The van der Waals surface area contributed by atoms with Crippen LogP contribution in [-0.2, 0) is 9.84 Å². The minimum Gasteiger partial charge on any atom is -0.297 e. The lowest BCUT2D eigenvalue weighted by atomic mass is 9.56. The van der Waals surface area contributed by atoms with Crippen molar-refractivity contribution in [1.29, 1.82) is 0 Å². The van der Waals surface area contributed by atoms with Gasteiger partial charge in [0.1, 0.15) is 10.00 Å². The van der Waals surface area contributed by atoms with E-state index in [1.165, 1.54) is 22.3 Å². The zero-order valence-corrected chi connectivity index (χ0v) is 18.8. The zero-order valence-electron chi connectivity index (χ0n) is 18.0. The molecular formula is C28H27NO2S. The molecule has 2 heterocycles. The van der Waals surface area contributed by atoms with Gasteiger partial charge in [-0.2, -0.15) is 0 Å². The van der Waals surface area contributed by atoms with Gasteiger partial charge in [0.05, 0.1) is 6.04 Å². The molecule has 2 saturated heterocycles. The summed E-state index contributed by atoms with van der Waals surface area (Å²) in [6.07, 6.45) is 3.03. The van der Waals surface area contributed by atoms with Gasteiger partial charge in [-0.05, 0) is 60.2 Å². The van der Waals surface area contributed by atoms with Gasteiger partial charge in [-0.3, -0.25) is 4.90 Å². The molecule has 3 aromatic rings. The van der Waals surface area contributed by atoms with Crippen LogP contribution < -0.4 is 0 Å². The molecule has 162 valence electrons. The summed E-state index contributed by atoms with van der Waals surface area (Å²) in [5.74, 6) is 0.0689. The Labute approximate surface area is 190 Å². The van der Waals surface area contributed by atoms with Crippen LogP contribution in [0.5, 0.6) is 0 Å². The highest BCUT2D eigenvalue weighted by molar-refractivity contribution is 7.94. The summed E-state index contributed by atoms with van der Waals surface area (Å²) in [6, 6.07) is 27.2. The number of nitrogens with zero attached hydrogens (tertiary/aromatic N) is 1. The molecule has 2 bridgehead atoms. The quantitative estimate of drug-likeness (QED) is 0.559. The predicted molar refractivity (Wildman–Crippen MR) is 127 cm³/mol. The fourth-order valence-electron chi connectivity index (χ4n) is 7.56. The second-order valence-corrected chi connectivity index (χ2v) is 12.3. The largest absolute Gasteiger partial charge is 0.297 e. The topological polar surface area (TPSA) is 37.4 Å². The molecular weight excluding hydrogens is 414 g/mol. The Kier molecular flexibility index (Phi) is 3.91. The third kappa shape index (κ3) is 2.18. The standard InChI is InChI=1S/C28H27NO2S/c30-32(31)26(19-10-2-1-3-11-19)27(29-16-8-9-17-29)28(32)18-24-20-12-4-6-14-22(20)25(28)23-15-7-5-13-21(23)24/h1-7,10-15,24-27H,8-9,16-18H2/t24?,25?,26-,27-,28-/m1/s1. The van der Waals surface area contributed by atoms with Gasteiger partial charge in [0.2, 0.25) is 0 Å². The number of hydrogen-bond acceptors (Lipinski definition) is 3. The molecule has 0 amide bonds. The lowest BCUT2D eigenvalue weighted by molar-refractivity contribution is 0.118. The highest BCUT2D eigenvalue weighted by atomic mass is 32.2. The average Bonchev–Trinajstić information content (AvgIpc) is 3.37. The normalized spacial score (nSPS) is 34.1. The fourth-order valence-corrected chi connectivity index (χ4v) is 10.7. The summed E-state index contributed by atoms with van der Waals surface area (Å²) in [4.78, 5) is 2.52. The number of rotatable bonds is 2. The van der Waals surface area contributed by atoms with Gasteiger partial charge in [-0.1, -0.05) is 78.9 Å². The molecule has 0 aromatic heterocycles. The molecule has 3 aliphatic carbocycles. The molecule has 8 rings (SSSR count). The molecule has 0 N–H and O–H groups in total. The Morgan fingerprint density at radius 2 is 1.25 bits per heavy atom. The van der Waals surface area contributed by atoms with E-state index in [0.717, 1.165) is 31.5 Å². The predicted octanol–water partition coefficient (Wildman–Crippen LogP) is 5.04. The third-order valence-corrected chi connectivity index (χ3v) is 11.6. The van der Waals surface area contributed by atoms with Gasteiger partial charge in [0.25, 0.3) is 0 Å². The van der Waals surface area contributed by atoms with E-state index >= 15 is 0 Å². The van der Waals surface area contributed by atoms with Crippen LogP contribution in [0.25, 0.3) is 0 Å². The summed E-state index contributed by atoms with van der Waals surface area (Å²) in [7, 11) is -3.38. The van der Waals surface area contributed by atoms with Crippen LogP contribution >= 0.6 is 0 Å². The fraction of sp³-hybridized carbons (Fsp3) is 0.357. The van der Waals surface area contributed by atoms with Crippen LogP contribution in [0, 0.1) is 0 Å². The number of likely N-dealkylation sites (tertiary alicyclic amines) is 1. The van der Waals surface area contributed by atoms with E-state index in [0.29, 0.717) is 6.42 Å². The maximum absolute atomic E-state index is 14.5. The van der Waals surface area contributed by atoms with Crippen molar-refractivity contribution in [3.05, 3.63) is 107 Å². The molecule has 0 saturated carbocycles. The Bertz CT molecular complexity index is 1260. The summed E-state index contributed by atoms with van der Waals surface area (Å²) >= 11 is 0. The molecule has 2 aliphatic heterocycles. The minimum absolute atomic E-state index is 0.0339. The van der Waals surface area contributed by atoms with E-state index in [9.17, 15) is 8.42 Å². The SMILES string of the molecule is O=S1(=O)[C@H](c2ccccc2)[C@@H](N2CCCC2)[C@]12CC1c3ccccc3C2c2ccccc21. The first-order chi connectivity index (χ1) is 15.6. The third-order valence-electron chi connectivity index (χ3n) is 8.69. The molecule has 4 heteroatoms. The van der Waals surface area contributed by atoms with Crippen molar-refractivity contribution in [3.63, 3.8) is 0 Å². The second kappa shape index (κ2) is 6.55. The summed E-state index contributed by atoms with van der Waals surface area (Å²) in [5, 5.41) is -0.430. The molecule has 3 nitrogen and oxygen atoms in total. The second-order valence-electron chi connectivity index (χ2n) is 9.97. The van der Waals surface area contributed by atoms with Crippen molar-refractivity contribution in [2.45, 2.75) is 47.1 Å². The summed E-state index contributed by atoms with van der Waals surface area (Å²) < 4.78 is 28.2. The van der Waals surface area contributed by atoms with Crippen LogP contribution in [0.4, 0.5) is 0 Å². The monoisotopic (exact) mass is 441 g/mol. The van der Waals surface area contributed by atoms with Crippen molar-refractivity contribution in [2.75, 3.05) is 13.1 Å². The molecule has 0 radical (unpaired) electrons. The highest BCUT2D eigenvalue weighted by Crippen LogP contribution is 2.69. The first-order valence-electron chi connectivity index (χ1n) is 11.8. The molecule has 1 spiro atoms. The van der Waals surface area contributed by atoms with Crippen LogP contribution in [0.15, 0.2) is 78.9 Å². The van der Waals surface area contributed by atoms with Gasteiger partial charge in [-0.25, -0.2) is 8.42 Å². The highest BCUT2D eigenvalue weighted by Gasteiger charge is 2.75. The lowest BCUT2D eigenvalue weighted by Gasteiger charge is -2.65. The summed E-state index contributed by atoms with van der Waals surface area (Å²) in [6.45, 7) is 2.01. The van der Waals surface area contributed by atoms with Crippen LogP contribution in [-0.4, -0.2) is 37.2 Å². The molecule has 32 heavy (non-hydrogen) atoms. The minimum atomic E-state index is -3.38. The van der Waals surface area contributed by atoms with Gasteiger partial charge in [-0.15, -0.1) is 0 Å². The van der Waals surface area contributed by atoms with E-state index in [2.05, 4.69) is 53.4 Å². The van der Waals surface area contributed by atoms with Crippen LogP contribution in [0.2, 0.25) is 0 Å². The van der Waals surface area contributed by atoms with Gasteiger partial charge >= 0.3 is 0 Å². The Hall–Kier alpha value is -2.43. The smallest absolute Gasteiger partial charge is 0.167 e. The number of hydrogen-bond donors (Lipinski definition) is 0. The van der Waals surface area contributed by atoms with Crippen molar-refractivity contribution in [2.24, 2.45) is 0 Å². The molecule has 3 atom stereocenters.